The monoisotopic (exact) mass is 277 g/mol. The molecule has 1 N–H and O–H groups in total. The summed E-state index contributed by atoms with van der Waals surface area (Å²) in [5.41, 5.74) is 2.00. The molecule has 0 amide bonds. The Kier molecular flexibility index (Phi) is 3.17. The van der Waals surface area contributed by atoms with Gasteiger partial charge in [-0.15, -0.1) is 11.6 Å². The van der Waals surface area contributed by atoms with E-state index in [0.29, 0.717) is 24.5 Å². The summed E-state index contributed by atoms with van der Waals surface area (Å²) in [7, 11) is 0. The quantitative estimate of drug-likeness (QED) is 0.859. The predicted octanol–water partition coefficient (Wildman–Crippen LogP) is 2.55. The van der Waals surface area contributed by atoms with E-state index in [4.69, 9.17) is 21.1 Å². The van der Waals surface area contributed by atoms with E-state index in [1.54, 1.807) is 6.07 Å². The van der Waals surface area contributed by atoms with Gasteiger partial charge in [0.2, 0.25) is 0 Å². The van der Waals surface area contributed by atoms with Gasteiger partial charge in [-0.1, -0.05) is 6.07 Å². The fourth-order valence-corrected chi connectivity index (χ4v) is 2.20. The third-order valence-electron chi connectivity index (χ3n) is 2.99. The van der Waals surface area contributed by atoms with Crippen molar-refractivity contribution >= 4 is 11.6 Å². The SMILES string of the molecule is O=c1[nH]c(-c2ccc3c(c2)OCCO3)ccc1CCl. The minimum atomic E-state index is -0.164. The van der Waals surface area contributed by atoms with Gasteiger partial charge >= 0.3 is 0 Å². The summed E-state index contributed by atoms with van der Waals surface area (Å²) >= 11 is 5.67. The van der Waals surface area contributed by atoms with Crippen molar-refractivity contribution in [1.82, 2.24) is 4.98 Å². The first kappa shape index (κ1) is 12.1. The minimum Gasteiger partial charge on any atom is -0.486 e. The van der Waals surface area contributed by atoms with E-state index in [0.717, 1.165) is 17.0 Å². The highest BCUT2D eigenvalue weighted by Crippen LogP contribution is 2.33. The van der Waals surface area contributed by atoms with Gasteiger partial charge in [-0.3, -0.25) is 4.79 Å². The lowest BCUT2D eigenvalue weighted by Gasteiger charge is -2.18. The highest BCUT2D eigenvalue weighted by atomic mass is 35.5. The molecule has 0 radical (unpaired) electrons. The van der Waals surface area contributed by atoms with E-state index in [1.807, 2.05) is 24.3 Å². The number of rotatable bonds is 2. The first-order valence-corrected chi connectivity index (χ1v) is 6.49. The maximum absolute atomic E-state index is 11.7. The summed E-state index contributed by atoms with van der Waals surface area (Å²) in [6.07, 6.45) is 0. The lowest BCUT2D eigenvalue weighted by Crippen LogP contribution is -2.15. The van der Waals surface area contributed by atoms with Gasteiger partial charge in [-0.2, -0.15) is 0 Å². The number of alkyl halides is 1. The van der Waals surface area contributed by atoms with Crippen molar-refractivity contribution in [3.8, 4) is 22.8 Å². The molecule has 4 nitrogen and oxygen atoms in total. The summed E-state index contributed by atoms with van der Waals surface area (Å²) in [5, 5.41) is 0. The van der Waals surface area contributed by atoms with Gasteiger partial charge < -0.3 is 14.5 Å². The second kappa shape index (κ2) is 4.97. The molecule has 2 heterocycles. The largest absolute Gasteiger partial charge is 0.486 e. The van der Waals surface area contributed by atoms with Gasteiger partial charge in [0, 0.05) is 16.8 Å². The van der Waals surface area contributed by atoms with E-state index in [2.05, 4.69) is 4.98 Å². The first-order valence-electron chi connectivity index (χ1n) is 5.96. The van der Waals surface area contributed by atoms with E-state index in [1.165, 1.54) is 0 Å². The Bertz CT molecular complexity index is 666. The van der Waals surface area contributed by atoms with Crippen LogP contribution >= 0.6 is 11.6 Å². The molecule has 1 aromatic carbocycles. The third-order valence-corrected chi connectivity index (χ3v) is 3.28. The van der Waals surface area contributed by atoms with Crippen LogP contribution in [0.15, 0.2) is 35.1 Å². The number of benzene rings is 1. The predicted molar refractivity (Wildman–Crippen MR) is 73.0 cm³/mol. The van der Waals surface area contributed by atoms with Crippen LogP contribution in [0.1, 0.15) is 5.56 Å². The van der Waals surface area contributed by atoms with Gasteiger partial charge in [0.15, 0.2) is 11.5 Å². The van der Waals surface area contributed by atoms with Crippen molar-refractivity contribution in [2.24, 2.45) is 0 Å². The molecule has 0 saturated heterocycles. The molecular formula is C14H12ClNO3. The van der Waals surface area contributed by atoms with Gasteiger partial charge in [0.05, 0.1) is 5.88 Å². The number of nitrogens with one attached hydrogen (secondary N) is 1. The zero-order chi connectivity index (χ0) is 13.2. The number of halogens is 1. The van der Waals surface area contributed by atoms with Crippen LogP contribution in [0.25, 0.3) is 11.3 Å². The molecule has 5 heteroatoms. The lowest BCUT2D eigenvalue weighted by molar-refractivity contribution is 0.171. The molecule has 0 aliphatic carbocycles. The minimum absolute atomic E-state index is 0.164. The molecule has 0 fully saturated rings. The van der Waals surface area contributed by atoms with Crippen molar-refractivity contribution in [3.05, 3.63) is 46.2 Å². The maximum atomic E-state index is 11.7. The molecule has 19 heavy (non-hydrogen) atoms. The number of hydrogen-bond donors (Lipinski definition) is 1. The molecule has 0 atom stereocenters. The summed E-state index contributed by atoms with van der Waals surface area (Å²) in [4.78, 5) is 14.6. The van der Waals surface area contributed by atoms with E-state index >= 15 is 0 Å². The molecule has 3 rings (SSSR count). The zero-order valence-electron chi connectivity index (χ0n) is 10.1. The summed E-state index contributed by atoms with van der Waals surface area (Å²) in [6.45, 7) is 1.10. The van der Waals surface area contributed by atoms with Crippen LogP contribution in [0.4, 0.5) is 0 Å². The molecule has 0 saturated carbocycles. The Morgan fingerprint density at radius 3 is 2.63 bits per heavy atom. The van der Waals surface area contributed by atoms with Gasteiger partial charge in [0.25, 0.3) is 5.56 Å². The Morgan fingerprint density at radius 2 is 1.89 bits per heavy atom. The second-order valence-corrected chi connectivity index (χ2v) is 4.49. The van der Waals surface area contributed by atoms with E-state index in [-0.39, 0.29) is 11.4 Å². The van der Waals surface area contributed by atoms with Crippen LogP contribution in [0.5, 0.6) is 11.5 Å². The topological polar surface area (TPSA) is 51.3 Å². The fraction of sp³-hybridized carbons (Fsp3) is 0.214. The Balaban J connectivity index is 2.02. The fourth-order valence-electron chi connectivity index (χ4n) is 1.99. The highest BCUT2D eigenvalue weighted by molar-refractivity contribution is 6.17. The summed E-state index contributed by atoms with van der Waals surface area (Å²) in [6, 6.07) is 9.17. The molecule has 1 aliphatic rings. The molecule has 1 aliphatic heterocycles. The number of fused-ring (bicyclic) bond motifs is 1. The Morgan fingerprint density at radius 1 is 1.11 bits per heavy atom. The molecule has 2 aromatic rings. The molecule has 1 aromatic heterocycles. The van der Waals surface area contributed by atoms with Crippen molar-refractivity contribution in [3.63, 3.8) is 0 Å². The molecule has 98 valence electrons. The summed E-state index contributed by atoms with van der Waals surface area (Å²) < 4.78 is 11.0. The third kappa shape index (κ3) is 2.31. The van der Waals surface area contributed by atoms with Crippen LogP contribution in [0.3, 0.4) is 0 Å². The average molecular weight is 278 g/mol. The van der Waals surface area contributed by atoms with E-state index < -0.39 is 0 Å². The molecular weight excluding hydrogens is 266 g/mol. The summed E-state index contributed by atoms with van der Waals surface area (Å²) in [5.74, 6) is 1.64. The number of aromatic amines is 1. The van der Waals surface area contributed by atoms with Crippen molar-refractivity contribution in [1.29, 1.82) is 0 Å². The Hall–Kier alpha value is -1.94. The van der Waals surface area contributed by atoms with Gasteiger partial charge in [-0.25, -0.2) is 0 Å². The van der Waals surface area contributed by atoms with Crippen LogP contribution in [-0.4, -0.2) is 18.2 Å². The average Bonchev–Trinajstić information content (AvgIpc) is 2.46. The van der Waals surface area contributed by atoms with Gasteiger partial charge in [-0.05, 0) is 24.3 Å². The molecule has 0 bridgehead atoms. The Labute approximate surface area is 114 Å². The van der Waals surface area contributed by atoms with Crippen LogP contribution in [0.2, 0.25) is 0 Å². The van der Waals surface area contributed by atoms with Crippen LogP contribution < -0.4 is 15.0 Å². The number of pyridine rings is 1. The first-order chi connectivity index (χ1) is 9.28. The van der Waals surface area contributed by atoms with Crippen molar-refractivity contribution in [2.75, 3.05) is 13.2 Å². The van der Waals surface area contributed by atoms with Crippen molar-refractivity contribution < 1.29 is 9.47 Å². The normalized spacial score (nSPS) is 13.3. The van der Waals surface area contributed by atoms with Crippen LogP contribution in [-0.2, 0) is 5.88 Å². The smallest absolute Gasteiger partial charge is 0.252 e. The zero-order valence-corrected chi connectivity index (χ0v) is 10.9. The second-order valence-electron chi connectivity index (χ2n) is 4.22. The van der Waals surface area contributed by atoms with Gasteiger partial charge in [0.1, 0.15) is 13.2 Å². The number of hydrogen-bond acceptors (Lipinski definition) is 3. The number of H-pyrrole nitrogens is 1. The molecule has 0 spiro atoms. The highest BCUT2D eigenvalue weighted by Gasteiger charge is 2.12. The lowest BCUT2D eigenvalue weighted by atomic mass is 10.1. The maximum Gasteiger partial charge on any atom is 0.252 e. The standard InChI is InChI=1S/C14H12ClNO3/c15-8-10-1-3-11(16-14(10)17)9-2-4-12-13(7-9)19-6-5-18-12/h1-4,7H,5-6,8H2,(H,16,17). The number of ether oxygens (including phenoxy) is 2. The number of aromatic nitrogens is 1. The van der Waals surface area contributed by atoms with Crippen LogP contribution in [0, 0.1) is 0 Å². The van der Waals surface area contributed by atoms with Crippen molar-refractivity contribution in [2.45, 2.75) is 5.88 Å². The van der Waals surface area contributed by atoms with E-state index in [9.17, 15) is 4.79 Å². The molecule has 0 unspecified atom stereocenters.